The first-order valence-corrected chi connectivity index (χ1v) is 7.78. The van der Waals surface area contributed by atoms with Crippen LogP contribution in [0, 0.1) is 0 Å². The van der Waals surface area contributed by atoms with Crippen LogP contribution in [0.2, 0.25) is 0 Å². The van der Waals surface area contributed by atoms with Crippen LogP contribution < -0.4 is 4.72 Å². The van der Waals surface area contributed by atoms with Crippen LogP contribution in [-0.2, 0) is 29.6 Å². The van der Waals surface area contributed by atoms with E-state index in [1.165, 1.54) is 4.72 Å². The zero-order valence-corrected chi connectivity index (χ0v) is 11.2. The van der Waals surface area contributed by atoms with Crippen molar-refractivity contribution >= 4 is 20.7 Å². The van der Waals surface area contributed by atoms with Crippen molar-refractivity contribution in [3.8, 4) is 0 Å². The summed E-state index contributed by atoms with van der Waals surface area (Å²) in [6.07, 6.45) is -7.55. The van der Waals surface area contributed by atoms with E-state index in [0.717, 1.165) is 0 Å². The Bertz CT molecular complexity index is 529. The molecule has 1 aliphatic rings. The first-order valence-electron chi connectivity index (χ1n) is 4.97. The van der Waals surface area contributed by atoms with Crippen LogP contribution >= 0.6 is 0 Å². The molecule has 20 heavy (non-hydrogen) atoms. The molecule has 12 nitrogen and oxygen atoms in total. The van der Waals surface area contributed by atoms with Crippen molar-refractivity contribution in [2.45, 2.75) is 30.6 Å². The molecule has 0 aromatic rings. The van der Waals surface area contributed by atoms with Crippen molar-refractivity contribution in [1.29, 1.82) is 0 Å². The van der Waals surface area contributed by atoms with Gasteiger partial charge in [-0.2, -0.15) is 21.6 Å². The van der Waals surface area contributed by atoms with Gasteiger partial charge in [0.2, 0.25) is 0 Å². The molecule has 1 saturated heterocycles. The second-order valence-electron chi connectivity index (χ2n) is 3.85. The van der Waals surface area contributed by atoms with Crippen LogP contribution in [0.4, 0.5) is 0 Å². The fourth-order valence-corrected chi connectivity index (χ4v) is 2.76. The maximum absolute atomic E-state index is 10.6. The topological polar surface area (TPSA) is 200 Å². The average molecular weight is 339 g/mol. The molecule has 0 spiro atoms. The molecule has 1 fully saturated rings. The van der Waals surface area contributed by atoms with E-state index in [2.05, 4.69) is 8.92 Å². The minimum atomic E-state index is -5.06. The summed E-state index contributed by atoms with van der Waals surface area (Å²) in [5, 5.41) is 28.1. The van der Waals surface area contributed by atoms with Crippen molar-refractivity contribution in [2.24, 2.45) is 0 Å². The van der Waals surface area contributed by atoms with E-state index in [0.29, 0.717) is 0 Å². The van der Waals surface area contributed by atoms with Gasteiger partial charge in [0.05, 0.1) is 6.61 Å². The molecule has 0 aromatic carbocycles. The zero-order chi connectivity index (χ0) is 15.7. The molecule has 14 heteroatoms. The number of ether oxygens (including phenoxy) is 1. The standard InChI is InChI=1S/C6H13NO11S2/c8-1-2-5(18-20(14,15)16)4(9)3(6(10)17-2)7-19(11,12)13/h2-10H,1H2,(H,11,12,13)(H,14,15,16)/t2-,3-,4-,5-,6?/m1/s1. The molecule has 0 aliphatic carbocycles. The number of aliphatic hydroxyl groups excluding tert-OH is 3. The first kappa shape index (κ1) is 17.6. The minimum Gasteiger partial charge on any atom is -0.394 e. The minimum absolute atomic E-state index is 0.910. The smallest absolute Gasteiger partial charge is 0.394 e. The number of rotatable bonds is 5. The molecular weight excluding hydrogens is 326 g/mol. The summed E-state index contributed by atoms with van der Waals surface area (Å²) in [4.78, 5) is 0. The molecule has 0 bridgehead atoms. The molecule has 5 atom stereocenters. The molecule has 0 saturated carbocycles. The second kappa shape index (κ2) is 6.14. The summed E-state index contributed by atoms with van der Waals surface area (Å²) >= 11 is 0. The summed E-state index contributed by atoms with van der Waals surface area (Å²) in [5.41, 5.74) is 0. The predicted octanol–water partition coefficient (Wildman–Crippen LogP) is -3.99. The van der Waals surface area contributed by atoms with Gasteiger partial charge >= 0.3 is 20.7 Å². The third kappa shape index (κ3) is 4.85. The van der Waals surface area contributed by atoms with E-state index in [-0.39, 0.29) is 0 Å². The SMILES string of the molecule is O=S(=O)(O)N[C@H]1C(O)O[C@H](CO)[C@@H](OS(=O)(=O)O)[C@@H]1O. The maximum Gasteiger partial charge on any atom is 0.397 e. The molecular formula is C6H13NO11S2. The van der Waals surface area contributed by atoms with Crippen LogP contribution in [0.5, 0.6) is 0 Å². The molecule has 120 valence electrons. The monoisotopic (exact) mass is 339 g/mol. The maximum atomic E-state index is 10.6. The van der Waals surface area contributed by atoms with Gasteiger partial charge in [0.15, 0.2) is 6.29 Å². The zero-order valence-electron chi connectivity index (χ0n) is 9.60. The summed E-state index contributed by atoms with van der Waals surface area (Å²) < 4.78 is 69.7. The molecule has 1 heterocycles. The Balaban J connectivity index is 3.01. The van der Waals surface area contributed by atoms with Gasteiger partial charge in [-0.3, -0.25) is 9.11 Å². The highest BCUT2D eigenvalue weighted by Gasteiger charge is 2.48. The number of nitrogens with one attached hydrogen (secondary N) is 1. The predicted molar refractivity (Wildman–Crippen MR) is 58.9 cm³/mol. The van der Waals surface area contributed by atoms with Crippen LogP contribution in [0.1, 0.15) is 0 Å². The lowest BCUT2D eigenvalue weighted by Gasteiger charge is -2.40. The second-order valence-corrected chi connectivity index (χ2v) is 6.08. The highest BCUT2D eigenvalue weighted by molar-refractivity contribution is 7.83. The molecule has 0 radical (unpaired) electrons. The van der Waals surface area contributed by atoms with Crippen LogP contribution in [0.25, 0.3) is 0 Å². The molecule has 0 amide bonds. The largest absolute Gasteiger partial charge is 0.397 e. The summed E-state index contributed by atoms with van der Waals surface area (Å²) in [5.74, 6) is 0. The first-order chi connectivity index (χ1) is 8.94. The van der Waals surface area contributed by atoms with Gasteiger partial charge in [-0.05, 0) is 0 Å². The van der Waals surface area contributed by atoms with E-state index in [4.69, 9.17) is 14.2 Å². The van der Waals surface area contributed by atoms with E-state index in [1.54, 1.807) is 0 Å². The van der Waals surface area contributed by atoms with E-state index in [9.17, 15) is 27.0 Å². The van der Waals surface area contributed by atoms with Crippen molar-refractivity contribution in [3.05, 3.63) is 0 Å². The van der Waals surface area contributed by atoms with Gasteiger partial charge in [0, 0.05) is 0 Å². The number of hydrogen-bond acceptors (Lipinski definition) is 9. The Kier molecular flexibility index (Phi) is 5.41. The van der Waals surface area contributed by atoms with Gasteiger partial charge in [-0.25, -0.2) is 4.18 Å². The summed E-state index contributed by atoms with van der Waals surface area (Å²) in [6, 6.07) is -1.89. The van der Waals surface area contributed by atoms with Crippen molar-refractivity contribution in [3.63, 3.8) is 0 Å². The lowest BCUT2D eigenvalue weighted by molar-refractivity contribution is -0.246. The Morgan fingerprint density at radius 2 is 1.70 bits per heavy atom. The van der Waals surface area contributed by atoms with E-state index < -0.39 is 58.0 Å². The Labute approximate surface area is 113 Å². The molecule has 6 N–H and O–H groups in total. The highest BCUT2D eigenvalue weighted by Crippen LogP contribution is 2.23. The van der Waals surface area contributed by atoms with Crippen molar-refractivity contribution in [2.75, 3.05) is 6.61 Å². The molecule has 1 aliphatic heterocycles. The third-order valence-corrected chi connectivity index (χ3v) is 3.43. The Morgan fingerprint density at radius 1 is 1.15 bits per heavy atom. The molecule has 1 unspecified atom stereocenters. The van der Waals surface area contributed by atoms with Crippen molar-refractivity contribution < 1.29 is 50.2 Å². The Hall–Kier alpha value is -0.420. The van der Waals surface area contributed by atoms with Gasteiger partial charge < -0.3 is 20.1 Å². The van der Waals surface area contributed by atoms with E-state index >= 15 is 0 Å². The highest BCUT2D eigenvalue weighted by atomic mass is 32.3. The van der Waals surface area contributed by atoms with Gasteiger partial charge in [-0.1, -0.05) is 0 Å². The van der Waals surface area contributed by atoms with Crippen LogP contribution in [0.15, 0.2) is 0 Å². The van der Waals surface area contributed by atoms with E-state index in [1.807, 2.05) is 0 Å². The fourth-order valence-electron chi connectivity index (χ4n) is 1.64. The van der Waals surface area contributed by atoms with Crippen LogP contribution in [0.3, 0.4) is 0 Å². The lowest BCUT2D eigenvalue weighted by Crippen LogP contribution is -2.64. The van der Waals surface area contributed by atoms with Gasteiger partial charge in [-0.15, -0.1) is 0 Å². The van der Waals surface area contributed by atoms with Gasteiger partial charge in [0.25, 0.3) is 0 Å². The summed E-state index contributed by atoms with van der Waals surface area (Å²) in [6.45, 7) is -0.910. The normalized spacial score (nSPS) is 36.0. The van der Waals surface area contributed by atoms with Gasteiger partial charge in [0.1, 0.15) is 24.4 Å². The number of hydrogen-bond donors (Lipinski definition) is 6. The average Bonchev–Trinajstić information content (AvgIpc) is 2.25. The fraction of sp³-hybridized carbons (Fsp3) is 1.00. The van der Waals surface area contributed by atoms with Crippen LogP contribution in [-0.4, -0.2) is 78.5 Å². The quantitative estimate of drug-likeness (QED) is 0.267. The molecule has 1 rings (SSSR count). The summed E-state index contributed by atoms with van der Waals surface area (Å²) in [7, 11) is -9.92. The molecule has 0 aromatic heterocycles. The number of aliphatic hydroxyl groups is 3. The van der Waals surface area contributed by atoms with Crippen molar-refractivity contribution in [1.82, 2.24) is 4.72 Å². The third-order valence-electron chi connectivity index (χ3n) is 2.39. The Morgan fingerprint density at radius 3 is 2.10 bits per heavy atom. The lowest BCUT2D eigenvalue weighted by atomic mass is 9.98.